The van der Waals surface area contributed by atoms with Crippen molar-refractivity contribution in [3.05, 3.63) is 40.1 Å². The highest BCUT2D eigenvalue weighted by Gasteiger charge is 2.12. The molecule has 0 aliphatic carbocycles. The van der Waals surface area contributed by atoms with Gasteiger partial charge in [0.15, 0.2) is 10.9 Å². The molecule has 0 aromatic carbocycles. The summed E-state index contributed by atoms with van der Waals surface area (Å²) in [5.74, 6) is 0.434. The average Bonchev–Trinajstić information content (AvgIpc) is 2.63. The Labute approximate surface area is 161 Å². The molecule has 0 aliphatic heterocycles. The van der Waals surface area contributed by atoms with Gasteiger partial charge in [-0.05, 0) is 12.1 Å². The van der Waals surface area contributed by atoms with E-state index in [0.717, 1.165) is 0 Å². The van der Waals surface area contributed by atoms with E-state index in [4.69, 9.17) is 32.7 Å². The molecule has 0 fully saturated rings. The van der Waals surface area contributed by atoms with Crippen LogP contribution in [0.4, 0.5) is 0 Å². The molecule has 0 saturated carbocycles. The SMILES string of the molecule is C.COC(=O)c1ccc(OC)nc1Cl.COc1ccc(OC=O)c(Cl)n1. The molecule has 2 aromatic rings. The summed E-state index contributed by atoms with van der Waals surface area (Å²) < 4.78 is 18.6. The zero-order valence-corrected chi connectivity index (χ0v) is 15.0. The Morgan fingerprint density at radius 1 is 0.962 bits per heavy atom. The van der Waals surface area contributed by atoms with Crippen molar-refractivity contribution in [2.75, 3.05) is 21.3 Å². The van der Waals surface area contributed by atoms with Crippen LogP contribution in [0.25, 0.3) is 0 Å². The summed E-state index contributed by atoms with van der Waals surface area (Å²) in [5.41, 5.74) is 0.227. The van der Waals surface area contributed by atoms with Crippen LogP contribution < -0.4 is 14.2 Å². The van der Waals surface area contributed by atoms with Gasteiger partial charge in [-0.3, -0.25) is 4.79 Å². The predicted molar refractivity (Wildman–Crippen MR) is 96.4 cm³/mol. The largest absolute Gasteiger partial charge is 0.481 e. The second kappa shape index (κ2) is 11.9. The molecule has 2 aromatic heterocycles. The number of nitrogens with zero attached hydrogens (tertiary/aromatic N) is 2. The van der Waals surface area contributed by atoms with Gasteiger partial charge in [-0.15, -0.1) is 0 Å². The molecule has 8 nitrogen and oxygen atoms in total. The lowest BCUT2D eigenvalue weighted by Gasteiger charge is -2.02. The third-order valence-electron chi connectivity index (χ3n) is 2.61. The van der Waals surface area contributed by atoms with Crippen molar-refractivity contribution in [1.82, 2.24) is 9.97 Å². The third-order valence-corrected chi connectivity index (χ3v) is 3.17. The lowest BCUT2D eigenvalue weighted by molar-refractivity contribution is -0.120. The van der Waals surface area contributed by atoms with E-state index < -0.39 is 5.97 Å². The molecule has 2 heterocycles. The van der Waals surface area contributed by atoms with E-state index in [-0.39, 0.29) is 35.5 Å². The third kappa shape index (κ3) is 6.73. The number of rotatable bonds is 5. The Balaban J connectivity index is 0.000000464. The van der Waals surface area contributed by atoms with Crippen molar-refractivity contribution in [3.8, 4) is 17.5 Å². The second-order valence-electron chi connectivity index (χ2n) is 4.04. The molecule has 0 unspecified atom stereocenters. The molecular formula is C16H18Cl2N2O6. The van der Waals surface area contributed by atoms with Gasteiger partial charge in [0.1, 0.15) is 5.15 Å². The van der Waals surface area contributed by atoms with Gasteiger partial charge >= 0.3 is 5.97 Å². The number of hydrogen-bond acceptors (Lipinski definition) is 8. The van der Waals surface area contributed by atoms with Crippen LogP contribution in [0.15, 0.2) is 24.3 Å². The second-order valence-corrected chi connectivity index (χ2v) is 4.76. The summed E-state index contributed by atoms with van der Waals surface area (Å²) in [5, 5.41) is 0.174. The van der Waals surface area contributed by atoms with Gasteiger partial charge in [0.05, 0.1) is 26.9 Å². The lowest BCUT2D eigenvalue weighted by atomic mass is 10.3. The summed E-state index contributed by atoms with van der Waals surface area (Å²) in [6, 6.07) is 6.09. The van der Waals surface area contributed by atoms with E-state index in [2.05, 4.69) is 19.4 Å². The molecule has 0 radical (unpaired) electrons. The first-order chi connectivity index (χ1) is 12.0. The summed E-state index contributed by atoms with van der Waals surface area (Å²) in [4.78, 5) is 28.6. The first-order valence-electron chi connectivity index (χ1n) is 6.56. The van der Waals surface area contributed by atoms with Gasteiger partial charge < -0.3 is 18.9 Å². The highest BCUT2D eigenvalue weighted by molar-refractivity contribution is 6.32. The fourth-order valence-electron chi connectivity index (χ4n) is 1.45. The molecule has 0 amide bonds. The number of carbonyl (C=O) groups excluding carboxylic acids is 2. The Morgan fingerprint density at radius 3 is 1.92 bits per heavy atom. The average molecular weight is 405 g/mol. The number of ether oxygens (including phenoxy) is 4. The van der Waals surface area contributed by atoms with Crippen LogP contribution in [0.2, 0.25) is 10.3 Å². The van der Waals surface area contributed by atoms with Crippen LogP contribution in [0.3, 0.4) is 0 Å². The molecule has 2 rings (SSSR count). The van der Waals surface area contributed by atoms with Gasteiger partial charge in [0.25, 0.3) is 6.47 Å². The van der Waals surface area contributed by atoms with Crippen molar-refractivity contribution in [2.24, 2.45) is 0 Å². The molecule has 0 atom stereocenters. The fraction of sp³-hybridized carbons (Fsp3) is 0.250. The Kier molecular flexibility index (Phi) is 10.7. The maximum atomic E-state index is 11.0. The van der Waals surface area contributed by atoms with E-state index in [1.54, 1.807) is 6.07 Å². The summed E-state index contributed by atoms with van der Waals surface area (Å²) >= 11 is 11.3. The van der Waals surface area contributed by atoms with Crippen molar-refractivity contribution in [2.45, 2.75) is 7.43 Å². The van der Waals surface area contributed by atoms with E-state index >= 15 is 0 Å². The monoisotopic (exact) mass is 404 g/mol. The van der Waals surface area contributed by atoms with Crippen LogP contribution in [0, 0.1) is 0 Å². The minimum atomic E-state index is -0.514. The topological polar surface area (TPSA) is 96.8 Å². The minimum absolute atomic E-state index is 0. The first-order valence-corrected chi connectivity index (χ1v) is 7.32. The highest BCUT2D eigenvalue weighted by atomic mass is 35.5. The van der Waals surface area contributed by atoms with Crippen molar-refractivity contribution < 1.29 is 28.5 Å². The van der Waals surface area contributed by atoms with Gasteiger partial charge in [-0.25, -0.2) is 9.78 Å². The van der Waals surface area contributed by atoms with Gasteiger partial charge in [-0.2, -0.15) is 4.98 Å². The number of hydrogen-bond donors (Lipinski definition) is 0. The predicted octanol–water partition coefficient (Wildman–Crippen LogP) is 3.45. The molecule has 0 N–H and O–H groups in total. The minimum Gasteiger partial charge on any atom is -0.481 e. The van der Waals surface area contributed by atoms with Crippen LogP contribution in [-0.4, -0.2) is 43.7 Å². The van der Waals surface area contributed by atoms with E-state index in [0.29, 0.717) is 11.8 Å². The van der Waals surface area contributed by atoms with Crippen molar-refractivity contribution in [3.63, 3.8) is 0 Å². The van der Waals surface area contributed by atoms with Crippen LogP contribution >= 0.6 is 23.2 Å². The number of pyridine rings is 2. The molecule has 0 spiro atoms. The lowest BCUT2D eigenvalue weighted by Crippen LogP contribution is -2.03. The maximum Gasteiger partial charge on any atom is 0.341 e. The van der Waals surface area contributed by atoms with Gasteiger partial charge in [0, 0.05) is 12.1 Å². The van der Waals surface area contributed by atoms with Gasteiger partial charge in [-0.1, -0.05) is 30.6 Å². The van der Waals surface area contributed by atoms with Crippen molar-refractivity contribution >= 4 is 35.6 Å². The van der Waals surface area contributed by atoms with E-state index in [1.807, 2.05) is 0 Å². The molecule has 0 aliphatic rings. The molecule has 26 heavy (non-hydrogen) atoms. The molecule has 10 heteroatoms. The maximum absolute atomic E-state index is 11.0. The fourth-order valence-corrected chi connectivity index (χ4v) is 1.87. The summed E-state index contributed by atoms with van der Waals surface area (Å²) in [7, 11) is 4.22. The number of carbonyl (C=O) groups is 2. The van der Waals surface area contributed by atoms with E-state index in [1.165, 1.54) is 39.5 Å². The molecular weight excluding hydrogens is 387 g/mol. The van der Waals surface area contributed by atoms with Crippen LogP contribution in [0.1, 0.15) is 17.8 Å². The Morgan fingerprint density at radius 2 is 1.50 bits per heavy atom. The van der Waals surface area contributed by atoms with Crippen molar-refractivity contribution in [1.29, 1.82) is 0 Å². The molecule has 142 valence electrons. The van der Waals surface area contributed by atoms with Gasteiger partial charge in [0.2, 0.25) is 11.8 Å². The Hall–Kier alpha value is -2.58. The normalized spacial score (nSPS) is 8.96. The highest BCUT2D eigenvalue weighted by Crippen LogP contribution is 2.24. The van der Waals surface area contributed by atoms with E-state index in [9.17, 15) is 9.59 Å². The first kappa shape index (κ1) is 23.4. The molecule has 0 saturated heterocycles. The van der Waals surface area contributed by atoms with Crippen LogP contribution in [0.5, 0.6) is 17.5 Å². The number of methoxy groups -OCH3 is 3. The summed E-state index contributed by atoms with van der Waals surface area (Å²) in [6.07, 6.45) is 0. The summed E-state index contributed by atoms with van der Waals surface area (Å²) in [6.45, 7) is 0.287. The zero-order valence-electron chi connectivity index (χ0n) is 13.5. The Bertz CT molecular complexity index is 743. The van der Waals surface area contributed by atoms with Crippen LogP contribution in [-0.2, 0) is 9.53 Å². The molecule has 0 bridgehead atoms. The number of esters is 1. The number of aromatic nitrogens is 2. The number of halogens is 2. The zero-order chi connectivity index (χ0) is 18.8. The quantitative estimate of drug-likeness (QED) is 0.424. The standard InChI is InChI=1S/C8H8ClNO3.C7H6ClNO3.CH4/c1-12-6-4-3-5(7(9)10-6)8(11)13-2;1-11-6-3-2-5(12-4-10)7(8)9-6;/h3-4H,1-2H3;2-4H,1H3;1H4. The smallest absolute Gasteiger partial charge is 0.341 e.